The standard InChI is InChI=1S/C20H14ClNO6S/c1-11(23)28-14-4-2-12(3-5-14)6-18-19(24)22(20(25)29-18)9-13-7-16-17(8-15(13)21)27-10-26-16/h2-8H,9-10H2,1H3/b18-6+. The van der Waals surface area contributed by atoms with Crippen LogP contribution in [0.2, 0.25) is 5.02 Å². The van der Waals surface area contributed by atoms with Crippen molar-refractivity contribution in [2.75, 3.05) is 6.79 Å². The molecule has 2 heterocycles. The predicted molar refractivity (Wildman–Crippen MR) is 107 cm³/mol. The van der Waals surface area contributed by atoms with Gasteiger partial charge >= 0.3 is 5.97 Å². The third-order valence-electron chi connectivity index (χ3n) is 4.18. The lowest BCUT2D eigenvalue weighted by molar-refractivity contribution is -0.131. The van der Waals surface area contributed by atoms with Crippen molar-refractivity contribution in [3.63, 3.8) is 0 Å². The van der Waals surface area contributed by atoms with E-state index < -0.39 is 11.9 Å². The second-order valence-electron chi connectivity index (χ2n) is 6.23. The fraction of sp³-hybridized carbons (Fsp3) is 0.150. The minimum absolute atomic E-state index is 0.0306. The Morgan fingerprint density at radius 3 is 2.59 bits per heavy atom. The number of nitrogens with zero attached hydrogens (tertiary/aromatic N) is 1. The van der Waals surface area contributed by atoms with E-state index in [1.165, 1.54) is 6.92 Å². The lowest BCUT2D eigenvalue weighted by Crippen LogP contribution is -2.27. The van der Waals surface area contributed by atoms with Crippen molar-refractivity contribution in [3.05, 3.63) is 57.5 Å². The molecule has 4 rings (SSSR count). The molecule has 0 bridgehead atoms. The Morgan fingerprint density at radius 1 is 1.21 bits per heavy atom. The van der Waals surface area contributed by atoms with Gasteiger partial charge in [0.1, 0.15) is 5.75 Å². The highest BCUT2D eigenvalue weighted by atomic mass is 35.5. The van der Waals surface area contributed by atoms with Gasteiger partial charge < -0.3 is 14.2 Å². The van der Waals surface area contributed by atoms with Crippen molar-refractivity contribution in [3.8, 4) is 17.2 Å². The fourth-order valence-electron chi connectivity index (χ4n) is 2.84. The molecule has 0 unspecified atom stereocenters. The smallest absolute Gasteiger partial charge is 0.308 e. The van der Waals surface area contributed by atoms with Crippen molar-refractivity contribution in [1.29, 1.82) is 0 Å². The van der Waals surface area contributed by atoms with Gasteiger partial charge in [0.05, 0.1) is 11.4 Å². The number of imide groups is 1. The topological polar surface area (TPSA) is 82.1 Å². The van der Waals surface area contributed by atoms with E-state index in [4.69, 9.17) is 25.8 Å². The van der Waals surface area contributed by atoms with Gasteiger partial charge in [-0.3, -0.25) is 19.3 Å². The van der Waals surface area contributed by atoms with Gasteiger partial charge in [-0.2, -0.15) is 0 Å². The molecule has 0 N–H and O–H groups in total. The average molecular weight is 432 g/mol. The van der Waals surface area contributed by atoms with Crippen molar-refractivity contribution >= 4 is 46.6 Å². The summed E-state index contributed by atoms with van der Waals surface area (Å²) in [6, 6.07) is 9.90. The van der Waals surface area contributed by atoms with E-state index in [0.29, 0.717) is 38.3 Å². The number of hydrogen-bond donors (Lipinski definition) is 0. The van der Waals surface area contributed by atoms with E-state index in [1.807, 2.05) is 0 Å². The molecular formula is C20H14ClNO6S. The molecule has 0 radical (unpaired) electrons. The van der Waals surface area contributed by atoms with E-state index >= 15 is 0 Å². The quantitative estimate of drug-likeness (QED) is 0.407. The van der Waals surface area contributed by atoms with E-state index in [-0.39, 0.29) is 18.6 Å². The van der Waals surface area contributed by atoms with E-state index in [2.05, 4.69) is 0 Å². The van der Waals surface area contributed by atoms with Crippen molar-refractivity contribution < 1.29 is 28.6 Å². The molecule has 9 heteroatoms. The highest BCUT2D eigenvalue weighted by molar-refractivity contribution is 8.18. The first-order chi connectivity index (χ1) is 13.9. The van der Waals surface area contributed by atoms with Gasteiger partial charge in [-0.25, -0.2) is 0 Å². The van der Waals surface area contributed by atoms with Crippen LogP contribution in [0.1, 0.15) is 18.1 Å². The van der Waals surface area contributed by atoms with Gasteiger partial charge in [0.2, 0.25) is 6.79 Å². The zero-order valence-electron chi connectivity index (χ0n) is 15.1. The molecule has 2 aliphatic heterocycles. The second kappa shape index (κ2) is 7.81. The third kappa shape index (κ3) is 4.08. The Hall–Kier alpha value is -2.97. The normalized spacial score (nSPS) is 16.6. The van der Waals surface area contributed by atoms with Gasteiger partial charge in [0.25, 0.3) is 11.1 Å². The molecule has 1 saturated heterocycles. The van der Waals surface area contributed by atoms with Gasteiger partial charge in [0.15, 0.2) is 11.5 Å². The van der Waals surface area contributed by atoms with Crippen LogP contribution >= 0.6 is 23.4 Å². The summed E-state index contributed by atoms with van der Waals surface area (Å²) in [7, 11) is 0. The molecular weight excluding hydrogens is 418 g/mol. The monoisotopic (exact) mass is 431 g/mol. The van der Waals surface area contributed by atoms with Gasteiger partial charge in [0, 0.05) is 18.0 Å². The SMILES string of the molecule is CC(=O)Oc1ccc(/C=C2/SC(=O)N(Cc3cc4c(cc3Cl)OCO4)C2=O)cc1. The number of benzene rings is 2. The number of thioether (sulfide) groups is 1. The average Bonchev–Trinajstić information content (AvgIpc) is 3.22. The molecule has 0 atom stereocenters. The van der Waals surface area contributed by atoms with E-state index in [9.17, 15) is 14.4 Å². The number of rotatable bonds is 4. The molecule has 0 spiro atoms. The van der Waals surface area contributed by atoms with Gasteiger partial charge in [-0.1, -0.05) is 23.7 Å². The van der Waals surface area contributed by atoms with Gasteiger partial charge in [-0.05, 0) is 47.2 Å². The first kappa shape index (κ1) is 19.4. The summed E-state index contributed by atoms with van der Waals surface area (Å²) in [5.74, 6) is 0.642. The molecule has 29 heavy (non-hydrogen) atoms. The first-order valence-electron chi connectivity index (χ1n) is 8.52. The number of carbonyl (C=O) groups is 3. The number of fused-ring (bicyclic) bond motifs is 1. The zero-order chi connectivity index (χ0) is 20.5. The van der Waals surface area contributed by atoms with E-state index in [0.717, 1.165) is 16.7 Å². The molecule has 148 valence electrons. The Kier molecular flexibility index (Phi) is 5.21. The van der Waals surface area contributed by atoms with Crippen LogP contribution in [0.3, 0.4) is 0 Å². The predicted octanol–water partition coefficient (Wildman–Crippen LogP) is 4.23. The zero-order valence-corrected chi connectivity index (χ0v) is 16.7. The summed E-state index contributed by atoms with van der Waals surface area (Å²) in [6.07, 6.45) is 1.61. The minimum atomic E-state index is -0.416. The third-order valence-corrected chi connectivity index (χ3v) is 5.44. The van der Waals surface area contributed by atoms with Crippen molar-refractivity contribution in [1.82, 2.24) is 4.90 Å². The number of esters is 1. The Morgan fingerprint density at radius 2 is 1.90 bits per heavy atom. The summed E-state index contributed by atoms with van der Waals surface area (Å²) < 4.78 is 15.6. The molecule has 2 amide bonds. The van der Waals surface area contributed by atoms with Crippen molar-refractivity contribution in [2.24, 2.45) is 0 Å². The lowest BCUT2D eigenvalue weighted by atomic mass is 10.1. The summed E-state index contributed by atoms with van der Waals surface area (Å²) in [6.45, 7) is 1.45. The summed E-state index contributed by atoms with van der Waals surface area (Å²) in [5.41, 5.74) is 1.29. The van der Waals surface area contributed by atoms with Crippen molar-refractivity contribution in [2.45, 2.75) is 13.5 Å². The maximum absolute atomic E-state index is 12.7. The largest absolute Gasteiger partial charge is 0.454 e. The van der Waals surface area contributed by atoms with Crippen LogP contribution in [0.5, 0.6) is 17.2 Å². The molecule has 2 aromatic rings. The minimum Gasteiger partial charge on any atom is -0.454 e. The second-order valence-corrected chi connectivity index (χ2v) is 7.63. The Bertz CT molecular complexity index is 1050. The lowest BCUT2D eigenvalue weighted by Gasteiger charge is -2.14. The molecule has 0 aromatic heterocycles. The maximum Gasteiger partial charge on any atom is 0.308 e. The van der Waals surface area contributed by atoms with Crippen LogP contribution in [-0.2, 0) is 16.1 Å². The van der Waals surface area contributed by atoms with E-state index in [1.54, 1.807) is 42.5 Å². The molecule has 7 nitrogen and oxygen atoms in total. The van der Waals surface area contributed by atoms with Crippen LogP contribution in [0.4, 0.5) is 4.79 Å². The van der Waals surface area contributed by atoms with Crippen LogP contribution in [0.25, 0.3) is 6.08 Å². The molecule has 2 aliphatic rings. The summed E-state index contributed by atoms with van der Waals surface area (Å²) in [5, 5.41) is 0.00450. The van der Waals surface area contributed by atoms with Gasteiger partial charge in [-0.15, -0.1) is 0 Å². The molecule has 2 aromatic carbocycles. The number of halogens is 1. The number of hydrogen-bond acceptors (Lipinski definition) is 7. The van der Waals surface area contributed by atoms with Crippen LogP contribution < -0.4 is 14.2 Å². The molecule has 0 saturated carbocycles. The Labute approximate surface area is 175 Å². The maximum atomic E-state index is 12.7. The Balaban J connectivity index is 1.52. The molecule has 1 fully saturated rings. The highest BCUT2D eigenvalue weighted by Gasteiger charge is 2.35. The number of amides is 2. The first-order valence-corrected chi connectivity index (χ1v) is 9.72. The summed E-state index contributed by atoms with van der Waals surface area (Å²) >= 11 is 7.11. The number of carbonyl (C=O) groups excluding carboxylic acids is 3. The fourth-order valence-corrected chi connectivity index (χ4v) is 3.89. The van der Waals surface area contributed by atoms with Crippen LogP contribution in [0.15, 0.2) is 41.3 Å². The number of ether oxygens (including phenoxy) is 3. The highest BCUT2D eigenvalue weighted by Crippen LogP contribution is 2.39. The molecule has 0 aliphatic carbocycles. The van der Waals surface area contributed by atoms with Crippen LogP contribution in [-0.4, -0.2) is 28.8 Å². The van der Waals surface area contributed by atoms with Crippen LogP contribution in [0, 0.1) is 0 Å². The summed E-state index contributed by atoms with van der Waals surface area (Å²) in [4.78, 5) is 37.5.